The maximum atomic E-state index is 13.8. The van der Waals surface area contributed by atoms with Gasteiger partial charge in [-0.2, -0.15) is 0 Å². The van der Waals surface area contributed by atoms with Crippen LogP contribution in [0.1, 0.15) is 30.1 Å². The largest absolute Gasteiger partial charge is 0.338 e. The molecule has 0 N–H and O–H groups in total. The zero-order valence-electron chi connectivity index (χ0n) is 10.0. The van der Waals surface area contributed by atoms with E-state index < -0.39 is 23.1 Å². The van der Waals surface area contributed by atoms with Gasteiger partial charge in [-0.05, 0) is 53.5 Å². The zero-order valence-corrected chi connectivity index (χ0v) is 12.2. The van der Waals surface area contributed by atoms with Gasteiger partial charge < -0.3 is 4.90 Å². The summed E-state index contributed by atoms with van der Waals surface area (Å²) in [4.78, 5) is 13.7. The Morgan fingerprint density at radius 1 is 1.33 bits per heavy atom. The molecule has 18 heavy (non-hydrogen) atoms. The molecular formula is C13H14F2INO. The van der Waals surface area contributed by atoms with Crippen LogP contribution in [0.25, 0.3) is 0 Å². The molecule has 1 aromatic carbocycles. The third-order valence-corrected chi connectivity index (χ3v) is 4.16. The fourth-order valence-corrected chi connectivity index (χ4v) is 2.54. The van der Waals surface area contributed by atoms with Crippen molar-refractivity contribution >= 4 is 28.5 Å². The Bertz CT molecular complexity index is 470. The number of hydrogen-bond donors (Lipinski definition) is 0. The topological polar surface area (TPSA) is 20.3 Å². The SMILES string of the molecule is CC1CCN(C(=O)c2c(F)ccc(I)c2F)CC1. The van der Waals surface area contributed by atoms with Gasteiger partial charge in [0, 0.05) is 16.7 Å². The molecule has 1 saturated heterocycles. The van der Waals surface area contributed by atoms with E-state index in [1.807, 2.05) is 0 Å². The van der Waals surface area contributed by atoms with Crippen LogP contribution in [0.5, 0.6) is 0 Å². The maximum Gasteiger partial charge on any atom is 0.259 e. The standard InChI is InChI=1S/C13H14F2INO/c1-8-4-6-17(7-5-8)13(18)11-9(14)2-3-10(16)12(11)15/h2-3,8H,4-7H2,1H3. The van der Waals surface area contributed by atoms with Crippen molar-refractivity contribution in [2.75, 3.05) is 13.1 Å². The van der Waals surface area contributed by atoms with Crippen molar-refractivity contribution in [3.05, 3.63) is 32.9 Å². The molecule has 0 aliphatic carbocycles. The van der Waals surface area contributed by atoms with E-state index in [4.69, 9.17) is 0 Å². The van der Waals surface area contributed by atoms with Gasteiger partial charge in [0.1, 0.15) is 11.4 Å². The predicted octanol–water partition coefficient (Wildman–Crippen LogP) is 3.44. The van der Waals surface area contributed by atoms with E-state index >= 15 is 0 Å². The Labute approximate surface area is 118 Å². The van der Waals surface area contributed by atoms with Crippen LogP contribution in [0.15, 0.2) is 12.1 Å². The molecule has 0 aromatic heterocycles. The molecule has 2 nitrogen and oxygen atoms in total. The monoisotopic (exact) mass is 365 g/mol. The molecule has 0 spiro atoms. The minimum atomic E-state index is -0.781. The smallest absolute Gasteiger partial charge is 0.259 e. The fourth-order valence-electron chi connectivity index (χ4n) is 2.09. The van der Waals surface area contributed by atoms with Crippen molar-refractivity contribution in [2.24, 2.45) is 5.92 Å². The normalized spacial score (nSPS) is 17.0. The van der Waals surface area contributed by atoms with Gasteiger partial charge in [-0.25, -0.2) is 8.78 Å². The maximum absolute atomic E-state index is 13.8. The van der Waals surface area contributed by atoms with Crippen LogP contribution >= 0.6 is 22.6 Å². The van der Waals surface area contributed by atoms with Crippen molar-refractivity contribution in [3.8, 4) is 0 Å². The van der Waals surface area contributed by atoms with E-state index in [1.54, 1.807) is 22.6 Å². The zero-order chi connectivity index (χ0) is 13.3. The highest BCUT2D eigenvalue weighted by Crippen LogP contribution is 2.23. The number of likely N-dealkylation sites (tertiary alicyclic amines) is 1. The van der Waals surface area contributed by atoms with Gasteiger partial charge in [0.25, 0.3) is 5.91 Å². The molecule has 0 atom stereocenters. The Morgan fingerprint density at radius 3 is 2.56 bits per heavy atom. The van der Waals surface area contributed by atoms with Crippen LogP contribution in [-0.2, 0) is 0 Å². The average molecular weight is 365 g/mol. The van der Waals surface area contributed by atoms with Gasteiger partial charge in [-0.3, -0.25) is 4.79 Å². The Morgan fingerprint density at radius 2 is 1.94 bits per heavy atom. The lowest BCUT2D eigenvalue weighted by Crippen LogP contribution is -2.38. The van der Waals surface area contributed by atoms with E-state index in [0.717, 1.165) is 18.9 Å². The average Bonchev–Trinajstić information content (AvgIpc) is 2.35. The number of amides is 1. The Hall–Kier alpha value is -0.720. The van der Waals surface area contributed by atoms with Crippen LogP contribution in [0.2, 0.25) is 0 Å². The number of carbonyl (C=O) groups is 1. The molecule has 5 heteroatoms. The molecule has 1 heterocycles. The van der Waals surface area contributed by atoms with E-state index in [2.05, 4.69) is 6.92 Å². The highest BCUT2D eigenvalue weighted by molar-refractivity contribution is 14.1. The second kappa shape index (κ2) is 5.50. The van der Waals surface area contributed by atoms with Gasteiger partial charge in [0.05, 0.1) is 0 Å². The van der Waals surface area contributed by atoms with Crippen molar-refractivity contribution in [3.63, 3.8) is 0 Å². The summed E-state index contributed by atoms with van der Waals surface area (Å²) in [6.07, 6.45) is 1.78. The van der Waals surface area contributed by atoms with Crippen LogP contribution < -0.4 is 0 Å². The lowest BCUT2D eigenvalue weighted by Gasteiger charge is -2.30. The second-order valence-electron chi connectivity index (χ2n) is 4.69. The van der Waals surface area contributed by atoms with Crippen LogP contribution in [0.4, 0.5) is 8.78 Å². The van der Waals surface area contributed by atoms with E-state index in [-0.39, 0.29) is 3.57 Å². The van der Waals surface area contributed by atoms with Gasteiger partial charge in [-0.15, -0.1) is 0 Å². The summed E-state index contributed by atoms with van der Waals surface area (Å²) in [5.41, 5.74) is -0.420. The summed E-state index contributed by atoms with van der Waals surface area (Å²) < 4.78 is 27.7. The van der Waals surface area contributed by atoms with E-state index in [9.17, 15) is 13.6 Å². The lowest BCUT2D eigenvalue weighted by atomic mass is 9.98. The summed E-state index contributed by atoms with van der Waals surface area (Å²) in [5.74, 6) is -1.49. The van der Waals surface area contributed by atoms with E-state index in [1.165, 1.54) is 11.0 Å². The van der Waals surface area contributed by atoms with Gasteiger partial charge in [0.2, 0.25) is 0 Å². The first-order chi connectivity index (χ1) is 8.50. The highest BCUT2D eigenvalue weighted by atomic mass is 127. The molecule has 1 amide bonds. The summed E-state index contributed by atoms with van der Waals surface area (Å²) in [6.45, 7) is 3.27. The molecule has 0 bridgehead atoms. The Kier molecular flexibility index (Phi) is 4.19. The van der Waals surface area contributed by atoms with Crippen LogP contribution in [0, 0.1) is 21.1 Å². The van der Waals surface area contributed by atoms with Crippen LogP contribution in [-0.4, -0.2) is 23.9 Å². The summed E-state index contributed by atoms with van der Waals surface area (Å²) in [7, 11) is 0. The van der Waals surface area contributed by atoms with Gasteiger partial charge in [0.15, 0.2) is 5.82 Å². The quantitative estimate of drug-likeness (QED) is 0.552. The van der Waals surface area contributed by atoms with Crippen molar-refractivity contribution in [1.29, 1.82) is 0 Å². The second-order valence-corrected chi connectivity index (χ2v) is 5.86. The molecule has 0 unspecified atom stereocenters. The molecule has 1 aliphatic rings. The molecule has 2 rings (SSSR count). The van der Waals surface area contributed by atoms with E-state index in [0.29, 0.717) is 19.0 Å². The number of halogens is 3. The number of benzene rings is 1. The number of hydrogen-bond acceptors (Lipinski definition) is 1. The highest BCUT2D eigenvalue weighted by Gasteiger charge is 2.27. The Balaban J connectivity index is 2.26. The molecule has 98 valence electrons. The molecular weight excluding hydrogens is 351 g/mol. The third-order valence-electron chi connectivity index (χ3n) is 3.33. The molecule has 0 radical (unpaired) electrons. The minimum Gasteiger partial charge on any atom is -0.338 e. The van der Waals surface area contributed by atoms with Crippen molar-refractivity contribution in [1.82, 2.24) is 4.90 Å². The number of carbonyl (C=O) groups excluding carboxylic acids is 1. The lowest BCUT2D eigenvalue weighted by molar-refractivity contribution is 0.0687. The minimum absolute atomic E-state index is 0.266. The molecule has 1 aliphatic heterocycles. The number of nitrogens with zero attached hydrogens (tertiary/aromatic N) is 1. The van der Waals surface area contributed by atoms with Gasteiger partial charge in [-0.1, -0.05) is 6.92 Å². The summed E-state index contributed by atoms with van der Waals surface area (Å²) >= 11 is 1.76. The summed E-state index contributed by atoms with van der Waals surface area (Å²) in [6, 6.07) is 2.48. The first-order valence-corrected chi connectivity index (χ1v) is 7.01. The molecule has 1 fully saturated rings. The first kappa shape index (κ1) is 13.7. The first-order valence-electron chi connectivity index (χ1n) is 5.93. The molecule has 1 aromatic rings. The number of rotatable bonds is 1. The fraction of sp³-hybridized carbons (Fsp3) is 0.462. The third kappa shape index (κ3) is 2.65. The van der Waals surface area contributed by atoms with Gasteiger partial charge >= 0.3 is 0 Å². The summed E-state index contributed by atoms with van der Waals surface area (Å²) in [5, 5.41) is 0. The van der Waals surface area contributed by atoms with Crippen LogP contribution in [0.3, 0.4) is 0 Å². The molecule has 0 saturated carbocycles. The number of piperidine rings is 1. The van der Waals surface area contributed by atoms with Crippen molar-refractivity contribution in [2.45, 2.75) is 19.8 Å². The van der Waals surface area contributed by atoms with Crippen molar-refractivity contribution < 1.29 is 13.6 Å². The predicted molar refractivity (Wildman–Crippen MR) is 73.4 cm³/mol.